The summed E-state index contributed by atoms with van der Waals surface area (Å²) in [5.74, 6) is 0.0744. The molecule has 0 atom stereocenters. The Bertz CT molecular complexity index is 760. The Balaban J connectivity index is 2.32. The fraction of sp³-hybridized carbons (Fsp3) is 0.133. The Labute approximate surface area is 123 Å². The van der Waals surface area contributed by atoms with Crippen LogP contribution in [0.25, 0.3) is 0 Å². The third kappa shape index (κ3) is 3.15. The number of nitrogens with zero attached hydrogens (tertiary/aromatic N) is 2. The van der Waals surface area contributed by atoms with Gasteiger partial charge < -0.3 is 5.11 Å². The van der Waals surface area contributed by atoms with Gasteiger partial charge in [0.05, 0.1) is 23.1 Å². The fourth-order valence-corrected chi connectivity index (χ4v) is 3.03. The molecule has 0 bridgehead atoms. The number of phenols is 1. The van der Waals surface area contributed by atoms with Gasteiger partial charge in [0.2, 0.25) is 0 Å². The van der Waals surface area contributed by atoms with Gasteiger partial charge in [-0.15, -0.1) is 0 Å². The van der Waals surface area contributed by atoms with Crippen LogP contribution in [0.5, 0.6) is 5.75 Å². The molecule has 21 heavy (non-hydrogen) atoms. The van der Waals surface area contributed by atoms with Gasteiger partial charge in [-0.1, -0.05) is 12.1 Å². The van der Waals surface area contributed by atoms with Crippen molar-refractivity contribution in [3.05, 3.63) is 54.1 Å². The van der Waals surface area contributed by atoms with Crippen LogP contribution in [0.2, 0.25) is 0 Å². The maximum absolute atomic E-state index is 12.5. The minimum Gasteiger partial charge on any atom is -0.508 e. The lowest BCUT2D eigenvalue weighted by Crippen LogP contribution is -2.26. The van der Waals surface area contributed by atoms with E-state index in [4.69, 9.17) is 5.26 Å². The Morgan fingerprint density at radius 2 is 1.67 bits per heavy atom. The highest BCUT2D eigenvalue weighted by Crippen LogP contribution is 2.24. The minimum absolute atomic E-state index is 0.0744. The van der Waals surface area contributed by atoms with E-state index in [9.17, 15) is 13.5 Å². The predicted octanol–water partition coefficient (Wildman–Crippen LogP) is 2.28. The molecule has 0 spiro atoms. The van der Waals surface area contributed by atoms with E-state index in [2.05, 4.69) is 0 Å². The first-order chi connectivity index (χ1) is 9.95. The zero-order valence-corrected chi connectivity index (χ0v) is 12.2. The molecule has 0 fully saturated rings. The SMILES string of the molecule is CN(c1ccc(O)cc1)S(=O)(=O)c1ccc(CC#N)cc1. The zero-order valence-electron chi connectivity index (χ0n) is 11.4. The van der Waals surface area contributed by atoms with Crippen molar-refractivity contribution in [2.75, 3.05) is 11.4 Å². The number of nitriles is 1. The molecule has 2 aromatic rings. The van der Waals surface area contributed by atoms with E-state index < -0.39 is 10.0 Å². The standard InChI is InChI=1S/C15H14N2O3S/c1-17(13-4-6-14(18)7-5-13)21(19,20)15-8-2-12(3-9-15)10-11-16/h2-9,18H,10H2,1H3. The van der Waals surface area contributed by atoms with Crippen LogP contribution in [0.3, 0.4) is 0 Å². The topological polar surface area (TPSA) is 81.4 Å². The van der Waals surface area contributed by atoms with Crippen molar-refractivity contribution in [3.8, 4) is 11.8 Å². The van der Waals surface area contributed by atoms with Crippen LogP contribution in [0.1, 0.15) is 5.56 Å². The predicted molar refractivity (Wildman–Crippen MR) is 79.5 cm³/mol. The summed E-state index contributed by atoms with van der Waals surface area (Å²) in [4.78, 5) is 0.153. The zero-order chi connectivity index (χ0) is 15.5. The van der Waals surface area contributed by atoms with Crippen LogP contribution in [-0.2, 0) is 16.4 Å². The van der Waals surface area contributed by atoms with Gasteiger partial charge in [-0.05, 0) is 42.0 Å². The molecule has 0 aliphatic carbocycles. The average molecular weight is 302 g/mol. The number of hydrogen-bond donors (Lipinski definition) is 1. The maximum Gasteiger partial charge on any atom is 0.264 e. The second-order valence-electron chi connectivity index (χ2n) is 4.47. The van der Waals surface area contributed by atoms with Gasteiger partial charge in [0.25, 0.3) is 10.0 Å². The van der Waals surface area contributed by atoms with Gasteiger partial charge in [0.1, 0.15) is 5.75 Å². The molecule has 2 rings (SSSR count). The fourth-order valence-electron chi connectivity index (χ4n) is 1.83. The lowest BCUT2D eigenvalue weighted by Gasteiger charge is -2.19. The first-order valence-electron chi connectivity index (χ1n) is 6.19. The molecule has 0 aliphatic heterocycles. The lowest BCUT2D eigenvalue weighted by molar-refractivity contribution is 0.475. The summed E-state index contributed by atoms with van der Waals surface area (Å²) in [6, 6.07) is 14.1. The normalized spacial score (nSPS) is 10.9. The molecule has 0 saturated heterocycles. The number of aromatic hydroxyl groups is 1. The van der Waals surface area contributed by atoms with Crippen LogP contribution >= 0.6 is 0 Å². The maximum atomic E-state index is 12.5. The molecule has 2 aromatic carbocycles. The molecule has 0 radical (unpaired) electrons. The number of hydrogen-bond acceptors (Lipinski definition) is 4. The summed E-state index contributed by atoms with van der Waals surface area (Å²) < 4.78 is 26.1. The van der Waals surface area contributed by atoms with Gasteiger partial charge >= 0.3 is 0 Å². The van der Waals surface area contributed by atoms with E-state index in [1.165, 1.54) is 43.4 Å². The Kier molecular flexibility index (Phi) is 4.15. The summed E-state index contributed by atoms with van der Waals surface area (Å²) in [5.41, 5.74) is 1.22. The van der Waals surface area contributed by atoms with Crippen molar-refractivity contribution in [1.82, 2.24) is 0 Å². The molecule has 6 heteroatoms. The summed E-state index contributed by atoms with van der Waals surface area (Å²) in [7, 11) is -2.22. The van der Waals surface area contributed by atoms with Crippen molar-refractivity contribution in [2.24, 2.45) is 0 Å². The third-order valence-corrected chi connectivity index (χ3v) is 4.88. The molecule has 0 heterocycles. The molecule has 1 N–H and O–H groups in total. The highest BCUT2D eigenvalue weighted by Gasteiger charge is 2.21. The van der Waals surface area contributed by atoms with Crippen LogP contribution in [0, 0.1) is 11.3 Å². The average Bonchev–Trinajstić information content (AvgIpc) is 2.48. The molecule has 0 unspecified atom stereocenters. The van der Waals surface area contributed by atoms with Crippen LogP contribution in [-0.4, -0.2) is 20.6 Å². The highest BCUT2D eigenvalue weighted by atomic mass is 32.2. The first-order valence-corrected chi connectivity index (χ1v) is 7.63. The van der Waals surface area contributed by atoms with Crippen molar-refractivity contribution < 1.29 is 13.5 Å². The van der Waals surface area contributed by atoms with Crippen LogP contribution < -0.4 is 4.31 Å². The van der Waals surface area contributed by atoms with Gasteiger partial charge in [-0.2, -0.15) is 5.26 Å². The van der Waals surface area contributed by atoms with E-state index >= 15 is 0 Å². The number of sulfonamides is 1. The van der Waals surface area contributed by atoms with Crippen LogP contribution in [0.4, 0.5) is 5.69 Å². The Morgan fingerprint density at radius 1 is 1.10 bits per heavy atom. The van der Waals surface area contributed by atoms with Crippen molar-refractivity contribution in [3.63, 3.8) is 0 Å². The minimum atomic E-state index is -3.67. The molecular weight excluding hydrogens is 288 g/mol. The summed E-state index contributed by atoms with van der Waals surface area (Å²) in [6.07, 6.45) is 0.244. The third-order valence-electron chi connectivity index (χ3n) is 3.08. The molecule has 5 nitrogen and oxygen atoms in total. The van der Waals surface area contributed by atoms with E-state index in [-0.39, 0.29) is 17.1 Å². The lowest BCUT2D eigenvalue weighted by atomic mass is 10.2. The smallest absolute Gasteiger partial charge is 0.264 e. The number of anilines is 1. The number of benzene rings is 2. The van der Waals surface area contributed by atoms with Gasteiger partial charge in [0.15, 0.2) is 0 Å². The van der Waals surface area contributed by atoms with E-state index in [0.717, 1.165) is 9.87 Å². The highest BCUT2D eigenvalue weighted by molar-refractivity contribution is 7.92. The van der Waals surface area contributed by atoms with Crippen molar-refractivity contribution >= 4 is 15.7 Å². The molecule has 0 aromatic heterocycles. The van der Waals surface area contributed by atoms with Gasteiger partial charge in [-0.25, -0.2) is 8.42 Å². The van der Waals surface area contributed by atoms with Crippen molar-refractivity contribution in [1.29, 1.82) is 5.26 Å². The van der Waals surface area contributed by atoms with E-state index in [1.807, 2.05) is 6.07 Å². The number of phenolic OH excluding ortho intramolecular Hbond substituents is 1. The van der Waals surface area contributed by atoms with Crippen LogP contribution in [0.15, 0.2) is 53.4 Å². The summed E-state index contributed by atoms with van der Waals surface area (Å²) >= 11 is 0. The molecule has 0 amide bonds. The first kappa shape index (κ1) is 14.9. The van der Waals surface area contributed by atoms with Crippen molar-refractivity contribution in [2.45, 2.75) is 11.3 Å². The second kappa shape index (κ2) is 5.85. The van der Waals surface area contributed by atoms with E-state index in [0.29, 0.717) is 5.69 Å². The molecular formula is C15H14N2O3S. The molecule has 0 saturated carbocycles. The second-order valence-corrected chi connectivity index (χ2v) is 6.44. The monoisotopic (exact) mass is 302 g/mol. The molecule has 0 aliphatic rings. The summed E-state index contributed by atoms with van der Waals surface area (Å²) in [5, 5.41) is 17.9. The Morgan fingerprint density at radius 3 is 2.19 bits per heavy atom. The number of rotatable bonds is 4. The summed E-state index contributed by atoms with van der Waals surface area (Å²) in [6.45, 7) is 0. The quantitative estimate of drug-likeness (QED) is 0.939. The largest absolute Gasteiger partial charge is 0.508 e. The van der Waals surface area contributed by atoms with Gasteiger partial charge in [0, 0.05) is 7.05 Å². The van der Waals surface area contributed by atoms with E-state index in [1.54, 1.807) is 12.1 Å². The Hall–Kier alpha value is -2.52. The molecule has 108 valence electrons. The van der Waals surface area contributed by atoms with Gasteiger partial charge in [-0.3, -0.25) is 4.31 Å².